The SMILES string of the molecule is CCOCCCN/C(=N/C(=O)c1ccc(F)cc1)NC(N)CC(N)c1ccc(F)cc1. The summed E-state index contributed by atoms with van der Waals surface area (Å²) in [6.45, 7) is 3.59. The molecule has 0 bridgehead atoms. The monoisotopic (exact) mass is 433 g/mol. The molecule has 2 atom stereocenters. The summed E-state index contributed by atoms with van der Waals surface area (Å²) in [6.07, 6.45) is 0.388. The lowest BCUT2D eigenvalue weighted by atomic mass is 10.0. The highest BCUT2D eigenvalue weighted by Crippen LogP contribution is 2.15. The van der Waals surface area contributed by atoms with E-state index in [2.05, 4.69) is 15.6 Å². The van der Waals surface area contributed by atoms with E-state index in [9.17, 15) is 13.6 Å². The minimum absolute atomic E-state index is 0.185. The van der Waals surface area contributed by atoms with Crippen LogP contribution in [0.2, 0.25) is 0 Å². The van der Waals surface area contributed by atoms with Gasteiger partial charge in [0.15, 0.2) is 0 Å². The Morgan fingerprint density at radius 2 is 1.68 bits per heavy atom. The maximum Gasteiger partial charge on any atom is 0.280 e. The van der Waals surface area contributed by atoms with E-state index in [-0.39, 0.29) is 17.3 Å². The molecule has 2 aromatic rings. The third-order valence-corrected chi connectivity index (χ3v) is 4.39. The molecule has 0 saturated carbocycles. The van der Waals surface area contributed by atoms with Crippen LogP contribution >= 0.6 is 0 Å². The molecule has 1 amide bonds. The van der Waals surface area contributed by atoms with Crippen LogP contribution in [-0.2, 0) is 4.74 Å². The minimum Gasteiger partial charge on any atom is -0.382 e. The van der Waals surface area contributed by atoms with Gasteiger partial charge in [-0.3, -0.25) is 4.79 Å². The van der Waals surface area contributed by atoms with Crippen molar-refractivity contribution in [2.45, 2.75) is 32.0 Å². The van der Waals surface area contributed by atoms with Gasteiger partial charge >= 0.3 is 0 Å². The number of aliphatic imine (C=N–C) groups is 1. The smallest absolute Gasteiger partial charge is 0.280 e. The van der Waals surface area contributed by atoms with Crippen LogP contribution in [0, 0.1) is 11.6 Å². The lowest BCUT2D eigenvalue weighted by molar-refractivity contribution is 0.100. The van der Waals surface area contributed by atoms with Crippen molar-refractivity contribution < 1.29 is 18.3 Å². The topological polar surface area (TPSA) is 115 Å². The van der Waals surface area contributed by atoms with Gasteiger partial charge in [-0.1, -0.05) is 12.1 Å². The Labute approximate surface area is 180 Å². The fourth-order valence-corrected chi connectivity index (χ4v) is 2.76. The Hall–Kier alpha value is -2.88. The molecule has 0 fully saturated rings. The number of carbonyl (C=O) groups is 1. The van der Waals surface area contributed by atoms with E-state index in [1.165, 1.54) is 36.4 Å². The first-order valence-corrected chi connectivity index (χ1v) is 10.1. The van der Waals surface area contributed by atoms with Crippen LogP contribution in [0.5, 0.6) is 0 Å². The maximum atomic E-state index is 13.1. The summed E-state index contributed by atoms with van der Waals surface area (Å²) in [4.78, 5) is 16.5. The molecule has 0 radical (unpaired) electrons. The molecule has 2 aromatic carbocycles. The molecule has 2 rings (SSSR count). The van der Waals surface area contributed by atoms with Crippen LogP contribution in [0.1, 0.15) is 41.7 Å². The van der Waals surface area contributed by atoms with Crippen molar-refractivity contribution in [3.63, 3.8) is 0 Å². The van der Waals surface area contributed by atoms with E-state index in [0.717, 1.165) is 5.56 Å². The summed E-state index contributed by atoms with van der Waals surface area (Å²) in [5.41, 5.74) is 13.3. The Bertz CT molecular complexity index is 844. The van der Waals surface area contributed by atoms with Crippen LogP contribution in [0.15, 0.2) is 53.5 Å². The number of nitrogens with zero attached hydrogens (tertiary/aromatic N) is 1. The van der Waals surface area contributed by atoms with E-state index < -0.39 is 23.9 Å². The van der Waals surface area contributed by atoms with Crippen molar-refractivity contribution >= 4 is 11.9 Å². The predicted octanol–water partition coefficient (Wildman–Crippen LogP) is 2.44. The number of nitrogens with one attached hydrogen (secondary N) is 2. The molecule has 0 aliphatic carbocycles. The van der Waals surface area contributed by atoms with Gasteiger partial charge in [0.1, 0.15) is 11.6 Å². The molecule has 2 unspecified atom stereocenters. The van der Waals surface area contributed by atoms with Crippen LogP contribution < -0.4 is 22.1 Å². The van der Waals surface area contributed by atoms with Crippen molar-refractivity contribution in [1.82, 2.24) is 10.6 Å². The van der Waals surface area contributed by atoms with E-state index in [4.69, 9.17) is 16.2 Å². The van der Waals surface area contributed by atoms with Gasteiger partial charge in [-0.05, 0) is 61.7 Å². The first kappa shape index (κ1) is 24.4. The van der Waals surface area contributed by atoms with Crippen molar-refractivity contribution in [1.29, 1.82) is 0 Å². The van der Waals surface area contributed by atoms with E-state index >= 15 is 0 Å². The number of carbonyl (C=O) groups excluding carboxylic acids is 1. The number of ether oxygens (including phenoxy) is 1. The molecule has 0 aromatic heterocycles. The molecule has 0 aliphatic rings. The van der Waals surface area contributed by atoms with E-state index in [0.29, 0.717) is 32.6 Å². The average molecular weight is 434 g/mol. The first-order valence-electron chi connectivity index (χ1n) is 10.1. The maximum absolute atomic E-state index is 13.1. The third-order valence-electron chi connectivity index (χ3n) is 4.39. The van der Waals surface area contributed by atoms with Crippen molar-refractivity contribution in [2.24, 2.45) is 16.5 Å². The second-order valence-electron chi connectivity index (χ2n) is 6.89. The Morgan fingerprint density at radius 3 is 2.29 bits per heavy atom. The van der Waals surface area contributed by atoms with Gasteiger partial charge in [0.2, 0.25) is 5.96 Å². The predicted molar refractivity (Wildman–Crippen MR) is 116 cm³/mol. The molecule has 31 heavy (non-hydrogen) atoms. The van der Waals surface area contributed by atoms with Crippen LogP contribution in [0.25, 0.3) is 0 Å². The van der Waals surface area contributed by atoms with Gasteiger partial charge in [0, 0.05) is 31.4 Å². The second-order valence-corrected chi connectivity index (χ2v) is 6.89. The second kappa shape index (κ2) is 12.7. The van der Waals surface area contributed by atoms with Crippen LogP contribution in [0.3, 0.4) is 0 Å². The summed E-state index contributed by atoms with van der Waals surface area (Å²) in [6, 6.07) is 10.5. The van der Waals surface area contributed by atoms with Gasteiger partial charge in [-0.25, -0.2) is 8.78 Å². The number of halogens is 2. The highest BCUT2D eigenvalue weighted by molar-refractivity contribution is 6.02. The standard InChI is InChI=1S/C22H29F2N5O2/c1-2-31-13-3-12-27-22(29-21(30)16-6-10-18(24)11-7-16)28-20(26)14-19(25)15-4-8-17(23)9-5-15/h4-11,19-20H,2-3,12-14,25-26H2,1H3,(H2,27,28,29,30). The Morgan fingerprint density at radius 1 is 1.06 bits per heavy atom. The quantitative estimate of drug-likeness (QED) is 0.198. The third kappa shape index (κ3) is 8.79. The zero-order chi connectivity index (χ0) is 22.6. The molecule has 168 valence electrons. The van der Waals surface area contributed by atoms with Gasteiger partial charge in [0.05, 0.1) is 6.17 Å². The molecule has 0 heterocycles. The summed E-state index contributed by atoms with van der Waals surface area (Å²) >= 11 is 0. The first-order chi connectivity index (χ1) is 14.9. The molecule has 0 aliphatic heterocycles. The van der Waals surface area contributed by atoms with Gasteiger partial charge in [0.25, 0.3) is 5.91 Å². The largest absolute Gasteiger partial charge is 0.382 e. The number of benzene rings is 2. The normalized spacial score (nSPS) is 13.5. The number of amides is 1. The highest BCUT2D eigenvalue weighted by Gasteiger charge is 2.15. The number of guanidine groups is 1. The molecule has 0 saturated heterocycles. The average Bonchev–Trinajstić information content (AvgIpc) is 2.74. The summed E-state index contributed by atoms with van der Waals surface area (Å²) in [5.74, 6) is -1.15. The molecule has 7 nitrogen and oxygen atoms in total. The summed E-state index contributed by atoms with van der Waals surface area (Å²) in [7, 11) is 0. The number of hydrogen-bond donors (Lipinski definition) is 4. The van der Waals surface area contributed by atoms with Gasteiger partial charge < -0.3 is 26.8 Å². The molecule has 6 N–H and O–H groups in total. The lowest BCUT2D eigenvalue weighted by Gasteiger charge is -2.21. The van der Waals surface area contributed by atoms with Crippen LogP contribution in [0.4, 0.5) is 8.78 Å². The number of rotatable bonds is 10. The Balaban J connectivity index is 2.02. The minimum atomic E-state index is -0.626. The molecular formula is C22H29F2N5O2. The molecule has 9 heteroatoms. The summed E-state index contributed by atoms with van der Waals surface area (Å²) in [5, 5.41) is 5.99. The molecular weight excluding hydrogens is 404 g/mol. The fraction of sp³-hybridized carbons (Fsp3) is 0.364. The highest BCUT2D eigenvalue weighted by atomic mass is 19.1. The zero-order valence-electron chi connectivity index (χ0n) is 17.5. The van der Waals surface area contributed by atoms with Gasteiger partial charge in [-0.15, -0.1) is 0 Å². The van der Waals surface area contributed by atoms with E-state index in [1.807, 2.05) is 6.92 Å². The van der Waals surface area contributed by atoms with Gasteiger partial charge in [-0.2, -0.15) is 4.99 Å². The molecule has 0 spiro atoms. The van der Waals surface area contributed by atoms with Crippen molar-refractivity contribution in [2.75, 3.05) is 19.8 Å². The summed E-state index contributed by atoms with van der Waals surface area (Å²) < 4.78 is 31.5. The zero-order valence-corrected chi connectivity index (χ0v) is 17.5. The van der Waals surface area contributed by atoms with Crippen molar-refractivity contribution in [3.05, 3.63) is 71.3 Å². The van der Waals surface area contributed by atoms with Crippen molar-refractivity contribution in [3.8, 4) is 0 Å². The lowest BCUT2D eigenvalue weighted by Crippen LogP contribution is -2.49. The van der Waals surface area contributed by atoms with Crippen LogP contribution in [-0.4, -0.2) is 37.8 Å². The Kier molecular flexibility index (Phi) is 10.0. The number of hydrogen-bond acceptors (Lipinski definition) is 4. The fourth-order valence-electron chi connectivity index (χ4n) is 2.76. The number of nitrogens with two attached hydrogens (primary N) is 2. The van der Waals surface area contributed by atoms with E-state index in [1.54, 1.807) is 12.1 Å².